The molecular formula is C9H9ClN4O2S. The van der Waals surface area contributed by atoms with Gasteiger partial charge in [0.05, 0.1) is 17.3 Å². The molecule has 0 saturated heterocycles. The number of nitrogens with one attached hydrogen (secondary N) is 2. The highest BCUT2D eigenvalue weighted by atomic mass is 35.5. The van der Waals surface area contributed by atoms with E-state index in [0.717, 1.165) is 0 Å². The Bertz CT molecular complexity index is 597. The average molecular weight is 273 g/mol. The van der Waals surface area contributed by atoms with Crippen molar-refractivity contribution < 1.29 is 8.42 Å². The van der Waals surface area contributed by atoms with Gasteiger partial charge in [0.25, 0.3) is 0 Å². The van der Waals surface area contributed by atoms with Crippen molar-refractivity contribution in [2.45, 2.75) is 11.4 Å². The van der Waals surface area contributed by atoms with Crippen LogP contribution >= 0.6 is 11.6 Å². The van der Waals surface area contributed by atoms with Crippen LogP contribution in [0.2, 0.25) is 5.02 Å². The molecule has 0 aliphatic heterocycles. The lowest BCUT2D eigenvalue weighted by molar-refractivity contribution is 0.580. The van der Waals surface area contributed by atoms with Crippen molar-refractivity contribution in [3.63, 3.8) is 0 Å². The number of H-pyrrole nitrogens is 1. The maximum Gasteiger partial charge on any atom is 0.243 e. The van der Waals surface area contributed by atoms with Gasteiger partial charge < -0.3 is 0 Å². The molecule has 0 bridgehead atoms. The first-order chi connectivity index (χ1) is 8.09. The van der Waals surface area contributed by atoms with Crippen LogP contribution in [0.25, 0.3) is 0 Å². The lowest BCUT2D eigenvalue weighted by Crippen LogP contribution is -2.23. The predicted molar refractivity (Wildman–Crippen MR) is 61.9 cm³/mol. The Morgan fingerprint density at radius 3 is 2.82 bits per heavy atom. The number of pyridine rings is 1. The summed E-state index contributed by atoms with van der Waals surface area (Å²) in [5.74, 6) is 0. The van der Waals surface area contributed by atoms with Crippen LogP contribution in [0.15, 0.2) is 35.6 Å². The highest BCUT2D eigenvalue weighted by molar-refractivity contribution is 7.89. The summed E-state index contributed by atoms with van der Waals surface area (Å²) in [7, 11) is -3.66. The van der Waals surface area contributed by atoms with Gasteiger partial charge in [-0.05, 0) is 12.1 Å². The van der Waals surface area contributed by atoms with E-state index in [1.165, 1.54) is 18.5 Å². The maximum atomic E-state index is 11.9. The summed E-state index contributed by atoms with van der Waals surface area (Å²) >= 11 is 5.79. The molecule has 8 heteroatoms. The molecule has 0 saturated carbocycles. The van der Waals surface area contributed by atoms with E-state index < -0.39 is 10.0 Å². The first kappa shape index (κ1) is 12.0. The topological polar surface area (TPSA) is 87.7 Å². The predicted octanol–water partition coefficient (Wildman–Crippen LogP) is 0.937. The standard InChI is InChI=1S/C9H9ClN4O2S/c10-8-2-3-11-6-9(8)17(15,16)13-5-7-1-4-12-14-7/h1-4,6,13H,5H2,(H,12,14). The second-order valence-corrected chi connectivity index (χ2v) is 5.36. The number of hydrogen-bond acceptors (Lipinski definition) is 4. The molecule has 2 aromatic heterocycles. The van der Waals surface area contributed by atoms with E-state index in [-0.39, 0.29) is 16.5 Å². The third-order valence-corrected chi connectivity index (χ3v) is 3.91. The zero-order chi connectivity index (χ0) is 12.3. The molecule has 0 aliphatic carbocycles. The van der Waals surface area contributed by atoms with E-state index in [1.54, 1.807) is 12.3 Å². The van der Waals surface area contributed by atoms with Crippen LogP contribution < -0.4 is 4.72 Å². The van der Waals surface area contributed by atoms with Crippen molar-refractivity contribution in [3.05, 3.63) is 41.4 Å². The van der Waals surface area contributed by atoms with E-state index in [9.17, 15) is 8.42 Å². The minimum atomic E-state index is -3.66. The van der Waals surface area contributed by atoms with Crippen LogP contribution in [0.4, 0.5) is 0 Å². The van der Waals surface area contributed by atoms with Gasteiger partial charge in [0.2, 0.25) is 10.0 Å². The fourth-order valence-corrected chi connectivity index (χ4v) is 2.63. The molecule has 0 atom stereocenters. The van der Waals surface area contributed by atoms with Crippen LogP contribution in [-0.4, -0.2) is 23.6 Å². The number of sulfonamides is 1. The summed E-state index contributed by atoms with van der Waals surface area (Å²) in [5, 5.41) is 6.50. The number of aromatic amines is 1. The Balaban J connectivity index is 2.17. The molecule has 2 rings (SSSR count). The largest absolute Gasteiger partial charge is 0.281 e. The van der Waals surface area contributed by atoms with Gasteiger partial charge in [-0.1, -0.05) is 11.6 Å². The van der Waals surface area contributed by atoms with Crippen LogP contribution in [0, 0.1) is 0 Å². The van der Waals surface area contributed by atoms with Crippen molar-refractivity contribution in [1.29, 1.82) is 0 Å². The summed E-state index contributed by atoms with van der Waals surface area (Å²) < 4.78 is 26.2. The van der Waals surface area contributed by atoms with Crippen molar-refractivity contribution in [2.75, 3.05) is 0 Å². The van der Waals surface area contributed by atoms with Crippen LogP contribution in [0.1, 0.15) is 5.69 Å². The summed E-state index contributed by atoms with van der Waals surface area (Å²) in [4.78, 5) is 3.69. The van der Waals surface area contributed by atoms with Gasteiger partial charge in [-0.15, -0.1) is 0 Å². The summed E-state index contributed by atoms with van der Waals surface area (Å²) in [6.07, 6.45) is 4.18. The number of nitrogens with zero attached hydrogens (tertiary/aromatic N) is 2. The number of rotatable bonds is 4. The SMILES string of the molecule is O=S(=O)(NCc1ccn[nH]1)c1cnccc1Cl. The van der Waals surface area contributed by atoms with Gasteiger partial charge in [0, 0.05) is 18.6 Å². The smallest absolute Gasteiger partial charge is 0.243 e. The first-order valence-electron chi connectivity index (χ1n) is 4.67. The van der Waals surface area contributed by atoms with E-state index in [1.807, 2.05) is 0 Å². The van der Waals surface area contributed by atoms with E-state index in [4.69, 9.17) is 11.6 Å². The first-order valence-corrected chi connectivity index (χ1v) is 6.53. The fraction of sp³-hybridized carbons (Fsp3) is 0.111. The molecule has 0 radical (unpaired) electrons. The third kappa shape index (κ3) is 2.82. The molecular weight excluding hydrogens is 264 g/mol. The van der Waals surface area contributed by atoms with Gasteiger partial charge in [0.15, 0.2) is 0 Å². The van der Waals surface area contributed by atoms with Crippen LogP contribution in [0.5, 0.6) is 0 Å². The van der Waals surface area contributed by atoms with Gasteiger partial charge in [-0.3, -0.25) is 10.1 Å². The van der Waals surface area contributed by atoms with Crippen molar-refractivity contribution in [2.24, 2.45) is 0 Å². The molecule has 0 unspecified atom stereocenters. The zero-order valence-electron chi connectivity index (χ0n) is 8.59. The Morgan fingerprint density at radius 1 is 1.35 bits per heavy atom. The minimum absolute atomic E-state index is 0.0406. The second kappa shape index (κ2) is 4.82. The number of halogens is 1. The van der Waals surface area contributed by atoms with Crippen molar-refractivity contribution in [1.82, 2.24) is 19.9 Å². The monoisotopic (exact) mass is 272 g/mol. The Morgan fingerprint density at radius 2 is 2.18 bits per heavy atom. The Kier molecular flexibility index (Phi) is 3.41. The average Bonchev–Trinajstić information content (AvgIpc) is 2.80. The van der Waals surface area contributed by atoms with Crippen molar-refractivity contribution in [3.8, 4) is 0 Å². The molecule has 90 valence electrons. The highest BCUT2D eigenvalue weighted by Crippen LogP contribution is 2.18. The zero-order valence-corrected chi connectivity index (χ0v) is 10.2. The second-order valence-electron chi connectivity index (χ2n) is 3.21. The molecule has 0 amide bonds. The molecule has 0 spiro atoms. The molecule has 0 fully saturated rings. The molecule has 0 aliphatic rings. The summed E-state index contributed by atoms with van der Waals surface area (Å²) in [6.45, 7) is 0.119. The number of aromatic nitrogens is 3. The minimum Gasteiger partial charge on any atom is -0.281 e. The van der Waals surface area contributed by atoms with Crippen LogP contribution in [-0.2, 0) is 16.6 Å². The molecule has 6 nitrogen and oxygen atoms in total. The van der Waals surface area contributed by atoms with Crippen LogP contribution in [0.3, 0.4) is 0 Å². The molecule has 2 N–H and O–H groups in total. The lowest BCUT2D eigenvalue weighted by Gasteiger charge is -2.06. The lowest BCUT2D eigenvalue weighted by atomic mass is 10.4. The summed E-state index contributed by atoms with van der Waals surface area (Å²) in [6, 6.07) is 3.10. The number of hydrogen-bond donors (Lipinski definition) is 2. The third-order valence-electron chi connectivity index (χ3n) is 2.03. The van der Waals surface area contributed by atoms with Gasteiger partial charge in [-0.2, -0.15) is 5.10 Å². The van der Waals surface area contributed by atoms with E-state index in [2.05, 4.69) is 19.9 Å². The molecule has 0 aromatic carbocycles. The van der Waals surface area contributed by atoms with E-state index >= 15 is 0 Å². The van der Waals surface area contributed by atoms with E-state index in [0.29, 0.717) is 5.69 Å². The quantitative estimate of drug-likeness (QED) is 0.867. The van der Waals surface area contributed by atoms with Gasteiger partial charge in [-0.25, -0.2) is 13.1 Å². The summed E-state index contributed by atoms with van der Waals surface area (Å²) in [5.41, 5.74) is 0.661. The Hall–Kier alpha value is -1.44. The van der Waals surface area contributed by atoms with Gasteiger partial charge in [0.1, 0.15) is 4.90 Å². The normalized spacial score (nSPS) is 11.6. The molecule has 17 heavy (non-hydrogen) atoms. The maximum absolute atomic E-state index is 11.9. The fourth-order valence-electron chi connectivity index (χ4n) is 1.19. The molecule has 2 aromatic rings. The van der Waals surface area contributed by atoms with Gasteiger partial charge >= 0.3 is 0 Å². The Labute approximate surface area is 103 Å². The highest BCUT2D eigenvalue weighted by Gasteiger charge is 2.17. The van der Waals surface area contributed by atoms with Crippen molar-refractivity contribution >= 4 is 21.6 Å². The molecule has 2 heterocycles.